The number of fused-ring (bicyclic) bond motifs is 2. The summed E-state index contributed by atoms with van der Waals surface area (Å²) in [5.74, 6) is -1.71. The number of aryl methyl sites for hydroxylation is 1. The number of nitrogen functional groups attached to an aromatic ring is 1. The fourth-order valence-corrected chi connectivity index (χ4v) is 6.25. The van der Waals surface area contributed by atoms with Gasteiger partial charge in [0.25, 0.3) is 0 Å². The minimum absolute atomic E-state index is 0.0420. The van der Waals surface area contributed by atoms with Crippen molar-refractivity contribution in [2.24, 2.45) is 0 Å². The fourth-order valence-electron chi connectivity index (χ4n) is 6.25. The quantitative estimate of drug-likeness (QED) is 0.415. The van der Waals surface area contributed by atoms with Crippen molar-refractivity contribution in [2.75, 3.05) is 43.4 Å². The highest BCUT2D eigenvalue weighted by Gasteiger charge is 2.49. The van der Waals surface area contributed by atoms with E-state index in [9.17, 15) is 22.0 Å². The maximum Gasteiger partial charge on any atom is 0.418 e. The van der Waals surface area contributed by atoms with Crippen LogP contribution in [-0.4, -0.2) is 69.3 Å². The third kappa shape index (κ3) is 4.91. The number of anilines is 2. The number of hydrogen-bond donors (Lipinski definition) is 1. The summed E-state index contributed by atoms with van der Waals surface area (Å²) < 4.78 is 92.7. The monoisotopic (exact) mass is 579 g/mol. The molecule has 3 aromatic heterocycles. The molecule has 0 aromatic carbocycles. The second kappa shape index (κ2) is 10.00. The Labute approximate surface area is 231 Å². The fraction of sp³-hybridized carbons (Fsp3) is 0.481. The number of hydrogen-bond acceptors (Lipinski definition) is 8. The van der Waals surface area contributed by atoms with Gasteiger partial charge in [-0.2, -0.15) is 23.1 Å². The zero-order valence-electron chi connectivity index (χ0n) is 22.1. The lowest BCUT2D eigenvalue weighted by atomic mass is 9.95. The lowest BCUT2D eigenvalue weighted by Gasteiger charge is -2.31. The number of rotatable bonds is 5. The summed E-state index contributed by atoms with van der Waals surface area (Å²) in [6.45, 7) is 2.46. The van der Waals surface area contributed by atoms with Crippen LogP contribution in [0.25, 0.3) is 22.3 Å². The summed E-state index contributed by atoms with van der Waals surface area (Å²) in [5.41, 5.74) is 1.93. The van der Waals surface area contributed by atoms with Gasteiger partial charge in [0.1, 0.15) is 47.1 Å². The van der Waals surface area contributed by atoms with E-state index in [1.807, 2.05) is 4.90 Å². The van der Waals surface area contributed by atoms with Crippen molar-refractivity contribution in [3.63, 3.8) is 0 Å². The first kappa shape index (κ1) is 27.5. The lowest BCUT2D eigenvalue weighted by Crippen LogP contribution is -2.43. The standard InChI is InChI=1S/C27H27F6N7O/c1-14-8-18(34)36-22(19(14)27(31,32)33)23-20(30)21-17(10-35-23)24(39-6-2-4-15(28)11-39)38-25(37-21)41-13-26-5-3-7-40(26)12-16(29)9-26/h4,8,10,16H,2-3,5-7,9,11-13H2,1H3,(H2,34,36). The van der Waals surface area contributed by atoms with E-state index in [0.717, 1.165) is 25.2 Å². The summed E-state index contributed by atoms with van der Waals surface area (Å²) in [6, 6.07) is 0.793. The van der Waals surface area contributed by atoms with Crippen LogP contribution in [0.5, 0.6) is 6.01 Å². The molecule has 6 heterocycles. The highest BCUT2D eigenvalue weighted by molar-refractivity contribution is 5.92. The van der Waals surface area contributed by atoms with Crippen molar-refractivity contribution in [1.29, 1.82) is 0 Å². The molecule has 41 heavy (non-hydrogen) atoms. The summed E-state index contributed by atoms with van der Waals surface area (Å²) in [6.07, 6.45) is -1.08. The topological polar surface area (TPSA) is 93.3 Å². The minimum Gasteiger partial charge on any atom is -0.461 e. The van der Waals surface area contributed by atoms with Gasteiger partial charge in [0.05, 0.1) is 23.0 Å². The van der Waals surface area contributed by atoms with E-state index in [2.05, 4.69) is 19.9 Å². The van der Waals surface area contributed by atoms with E-state index in [-0.39, 0.29) is 53.7 Å². The van der Waals surface area contributed by atoms with Gasteiger partial charge in [0.2, 0.25) is 0 Å². The van der Waals surface area contributed by atoms with Gasteiger partial charge in [-0.25, -0.2) is 18.2 Å². The maximum absolute atomic E-state index is 16.2. The molecule has 2 N–H and O–H groups in total. The van der Waals surface area contributed by atoms with Crippen LogP contribution in [0.3, 0.4) is 0 Å². The van der Waals surface area contributed by atoms with E-state index in [1.54, 1.807) is 4.90 Å². The molecular formula is C27H27F6N7O. The second-order valence-corrected chi connectivity index (χ2v) is 10.8. The molecule has 8 nitrogen and oxygen atoms in total. The van der Waals surface area contributed by atoms with Crippen molar-refractivity contribution in [1.82, 2.24) is 24.8 Å². The number of alkyl halides is 4. The van der Waals surface area contributed by atoms with Crippen LogP contribution >= 0.6 is 0 Å². The number of aromatic nitrogens is 4. The van der Waals surface area contributed by atoms with Gasteiger partial charge in [-0.15, -0.1) is 0 Å². The number of nitrogens with two attached hydrogens (primary N) is 1. The van der Waals surface area contributed by atoms with Gasteiger partial charge in [-0.1, -0.05) is 0 Å². The molecule has 2 fully saturated rings. The maximum atomic E-state index is 16.2. The Kier molecular flexibility index (Phi) is 6.70. The number of ether oxygens (including phenoxy) is 1. The first-order chi connectivity index (χ1) is 19.4. The van der Waals surface area contributed by atoms with E-state index in [1.165, 1.54) is 13.0 Å². The van der Waals surface area contributed by atoms with Crippen LogP contribution in [0.1, 0.15) is 36.8 Å². The highest BCUT2D eigenvalue weighted by atomic mass is 19.4. The van der Waals surface area contributed by atoms with Crippen LogP contribution in [0, 0.1) is 12.7 Å². The van der Waals surface area contributed by atoms with Crippen LogP contribution in [0.4, 0.5) is 38.0 Å². The molecule has 6 rings (SSSR count). The number of halogens is 6. The molecule has 3 aromatic rings. The molecule has 3 aliphatic rings. The Bertz CT molecular complexity index is 1550. The van der Waals surface area contributed by atoms with Crippen molar-refractivity contribution in [3.05, 3.63) is 41.1 Å². The Morgan fingerprint density at radius 2 is 1.95 bits per heavy atom. The zero-order chi connectivity index (χ0) is 29.1. The summed E-state index contributed by atoms with van der Waals surface area (Å²) in [4.78, 5) is 20.0. The largest absolute Gasteiger partial charge is 0.461 e. The summed E-state index contributed by atoms with van der Waals surface area (Å²) >= 11 is 0. The van der Waals surface area contributed by atoms with Crippen LogP contribution < -0.4 is 15.4 Å². The Morgan fingerprint density at radius 1 is 1.15 bits per heavy atom. The Hall–Kier alpha value is -3.68. The average molecular weight is 580 g/mol. The van der Waals surface area contributed by atoms with Crippen molar-refractivity contribution in [2.45, 2.75) is 50.5 Å². The van der Waals surface area contributed by atoms with Gasteiger partial charge in [0, 0.05) is 25.7 Å². The summed E-state index contributed by atoms with van der Waals surface area (Å²) in [5, 5.41) is 0.0628. The first-order valence-corrected chi connectivity index (χ1v) is 13.3. The molecule has 0 saturated carbocycles. The van der Waals surface area contributed by atoms with Gasteiger partial charge in [-0.05, 0) is 50.4 Å². The van der Waals surface area contributed by atoms with E-state index in [0.29, 0.717) is 25.9 Å². The predicted octanol–water partition coefficient (Wildman–Crippen LogP) is 5.15. The van der Waals surface area contributed by atoms with Crippen molar-refractivity contribution < 1.29 is 31.1 Å². The van der Waals surface area contributed by atoms with E-state index < -0.39 is 46.5 Å². The molecule has 0 radical (unpaired) electrons. The molecule has 218 valence electrons. The van der Waals surface area contributed by atoms with Gasteiger partial charge < -0.3 is 15.4 Å². The van der Waals surface area contributed by atoms with Gasteiger partial charge in [0.15, 0.2) is 5.82 Å². The molecule has 3 aliphatic heterocycles. The van der Waals surface area contributed by atoms with Gasteiger partial charge in [-0.3, -0.25) is 9.88 Å². The molecular weight excluding hydrogens is 552 g/mol. The third-order valence-corrected chi connectivity index (χ3v) is 8.02. The highest BCUT2D eigenvalue weighted by Crippen LogP contribution is 2.42. The molecule has 2 unspecified atom stereocenters. The van der Waals surface area contributed by atoms with Crippen LogP contribution in [0.2, 0.25) is 0 Å². The molecule has 0 aliphatic carbocycles. The van der Waals surface area contributed by atoms with E-state index in [4.69, 9.17) is 10.5 Å². The van der Waals surface area contributed by atoms with Crippen LogP contribution in [-0.2, 0) is 6.18 Å². The second-order valence-electron chi connectivity index (χ2n) is 10.8. The molecule has 0 bridgehead atoms. The minimum atomic E-state index is -4.87. The van der Waals surface area contributed by atoms with Crippen molar-refractivity contribution in [3.8, 4) is 17.4 Å². The van der Waals surface area contributed by atoms with E-state index >= 15 is 4.39 Å². The Balaban J connectivity index is 1.48. The average Bonchev–Trinajstić information content (AvgIpc) is 3.42. The SMILES string of the molecule is Cc1cc(N)nc(-c2ncc3c(N4CCC=C(F)C4)nc(OCC45CCCN4CC(F)C5)nc3c2F)c1C(F)(F)F. The first-order valence-electron chi connectivity index (χ1n) is 13.3. The Morgan fingerprint density at radius 3 is 2.71 bits per heavy atom. The third-order valence-electron chi connectivity index (χ3n) is 8.02. The molecule has 14 heteroatoms. The predicted molar refractivity (Wildman–Crippen MR) is 139 cm³/mol. The zero-order valence-corrected chi connectivity index (χ0v) is 22.1. The lowest BCUT2D eigenvalue weighted by molar-refractivity contribution is -0.137. The normalized spacial score (nSPS) is 23.2. The molecule has 2 atom stereocenters. The smallest absolute Gasteiger partial charge is 0.418 e. The number of nitrogens with zero attached hydrogens (tertiary/aromatic N) is 6. The van der Waals surface area contributed by atoms with Crippen molar-refractivity contribution >= 4 is 22.5 Å². The number of pyridine rings is 2. The van der Waals surface area contributed by atoms with Crippen LogP contribution in [0.15, 0.2) is 24.2 Å². The summed E-state index contributed by atoms with van der Waals surface area (Å²) in [7, 11) is 0. The molecule has 2 saturated heterocycles. The molecule has 0 spiro atoms. The molecule has 0 amide bonds. The van der Waals surface area contributed by atoms with Gasteiger partial charge >= 0.3 is 12.2 Å².